The Labute approximate surface area is 146 Å². The van der Waals surface area contributed by atoms with E-state index >= 15 is 0 Å². The van der Waals surface area contributed by atoms with Gasteiger partial charge in [-0.05, 0) is 22.9 Å². The average molecular weight is 334 g/mol. The molecule has 0 saturated carbocycles. The van der Waals surface area contributed by atoms with Gasteiger partial charge >= 0.3 is 0 Å². The maximum atomic E-state index is 4.76. The summed E-state index contributed by atoms with van der Waals surface area (Å²) in [4.78, 5) is 27.2. The SMILES string of the molecule is c1ccc2cc3c(cc2c1)c1nccnc1c1nc2nccnc2nc31. The van der Waals surface area contributed by atoms with Crippen molar-refractivity contribution in [2.75, 3.05) is 0 Å². The van der Waals surface area contributed by atoms with Gasteiger partial charge in [0.2, 0.25) is 0 Å². The molecule has 0 radical (unpaired) electrons. The Hall–Kier alpha value is -3.80. The predicted molar refractivity (Wildman–Crippen MR) is 101 cm³/mol. The van der Waals surface area contributed by atoms with Crippen LogP contribution in [0.25, 0.3) is 54.9 Å². The van der Waals surface area contributed by atoms with Gasteiger partial charge in [-0.15, -0.1) is 0 Å². The Balaban J connectivity index is 1.97. The summed E-state index contributed by atoms with van der Waals surface area (Å²) in [5.41, 5.74) is 4.05. The van der Waals surface area contributed by atoms with Gasteiger partial charge in [-0.25, -0.2) is 19.9 Å². The molecule has 6 aromatic rings. The molecule has 0 atom stereocenters. The number of hydrogen-bond acceptors (Lipinski definition) is 6. The number of hydrogen-bond donors (Lipinski definition) is 0. The summed E-state index contributed by atoms with van der Waals surface area (Å²) in [5.74, 6) is 0. The molecule has 3 aromatic carbocycles. The summed E-state index contributed by atoms with van der Waals surface area (Å²) in [6.07, 6.45) is 6.63. The number of benzene rings is 3. The molecule has 0 spiro atoms. The van der Waals surface area contributed by atoms with Crippen LogP contribution in [0, 0.1) is 0 Å². The molecule has 0 unspecified atom stereocenters. The highest BCUT2D eigenvalue weighted by atomic mass is 15.0. The van der Waals surface area contributed by atoms with Crippen molar-refractivity contribution in [2.45, 2.75) is 0 Å². The number of fused-ring (bicyclic) bond motifs is 8. The second kappa shape index (κ2) is 4.86. The highest BCUT2D eigenvalue weighted by Gasteiger charge is 2.15. The molecular formula is C20H10N6. The van der Waals surface area contributed by atoms with Gasteiger partial charge in [-0.3, -0.25) is 9.97 Å². The van der Waals surface area contributed by atoms with E-state index in [1.54, 1.807) is 24.8 Å². The highest BCUT2D eigenvalue weighted by Crippen LogP contribution is 2.34. The van der Waals surface area contributed by atoms with Crippen molar-refractivity contribution in [3.05, 3.63) is 61.2 Å². The number of aromatic nitrogens is 6. The van der Waals surface area contributed by atoms with Crippen LogP contribution in [-0.4, -0.2) is 29.9 Å². The monoisotopic (exact) mass is 334 g/mol. The van der Waals surface area contributed by atoms with Gasteiger partial charge < -0.3 is 0 Å². The van der Waals surface area contributed by atoms with E-state index in [0.29, 0.717) is 16.8 Å². The molecule has 26 heavy (non-hydrogen) atoms. The molecule has 0 saturated heterocycles. The van der Waals surface area contributed by atoms with Crippen molar-refractivity contribution in [1.82, 2.24) is 29.9 Å². The summed E-state index contributed by atoms with van der Waals surface area (Å²) < 4.78 is 0. The molecule has 0 aliphatic heterocycles. The van der Waals surface area contributed by atoms with E-state index in [-0.39, 0.29) is 0 Å². The smallest absolute Gasteiger partial charge is 0.198 e. The largest absolute Gasteiger partial charge is 0.252 e. The van der Waals surface area contributed by atoms with Crippen LogP contribution in [-0.2, 0) is 0 Å². The Kier molecular flexibility index (Phi) is 2.52. The Morgan fingerprint density at radius 3 is 1.73 bits per heavy atom. The standard InChI is InChI=1S/C20H10N6/c1-2-4-12-10-14-13(9-11(12)3-1)15-17(22-6-5-21-15)18-16(14)25-19-20(26-18)24-8-7-23-19/h1-10H. The third-order valence-electron chi connectivity index (χ3n) is 4.64. The van der Waals surface area contributed by atoms with Crippen LogP contribution in [0.3, 0.4) is 0 Å². The van der Waals surface area contributed by atoms with Gasteiger partial charge in [-0.1, -0.05) is 24.3 Å². The number of nitrogens with zero attached hydrogens (tertiary/aromatic N) is 6. The summed E-state index contributed by atoms with van der Waals surface area (Å²) in [5, 5.41) is 4.30. The fourth-order valence-electron chi connectivity index (χ4n) is 3.49. The molecule has 0 aliphatic rings. The molecule has 6 rings (SSSR count). The molecule has 0 fully saturated rings. The molecule has 120 valence electrons. The minimum atomic E-state index is 0.507. The van der Waals surface area contributed by atoms with Crippen LogP contribution in [0.1, 0.15) is 0 Å². The second-order valence-corrected chi connectivity index (χ2v) is 6.12. The van der Waals surface area contributed by atoms with E-state index in [9.17, 15) is 0 Å². The average Bonchev–Trinajstić information content (AvgIpc) is 2.71. The molecule has 6 heteroatoms. The van der Waals surface area contributed by atoms with Crippen LogP contribution < -0.4 is 0 Å². The first-order chi connectivity index (χ1) is 12.9. The van der Waals surface area contributed by atoms with Crippen molar-refractivity contribution in [1.29, 1.82) is 0 Å². The summed E-state index contributed by atoms with van der Waals surface area (Å²) in [7, 11) is 0. The lowest BCUT2D eigenvalue weighted by Gasteiger charge is -2.09. The van der Waals surface area contributed by atoms with Crippen molar-refractivity contribution in [3.63, 3.8) is 0 Å². The quantitative estimate of drug-likeness (QED) is 0.310. The lowest BCUT2D eigenvalue weighted by Crippen LogP contribution is -1.96. The Morgan fingerprint density at radius 2 is 1.04 bits per heavy atom. The van der Waals surface area contributed by atoms with E-state index in [1.165, 1.54) is 0 Å². The first kappa shape index (κ1) is 13.5. The zero-order valence-electron chi connectivity index (χ0n) is 13.5. The predicted octanol–water partition coefficient (Wildman–Crippen LogP) is 3.82. The fraction of sp³-hybridized carbons (Fsp3) is 0. The topological polar surface area (TPSA) is 77.3 Å². The summed E-state index contributed by atoms with van der Waals surface area (Å²) >= 11 is 0. The highest BCUT2D eigenvalue weighted by molar-refractivity contribution is 6.23. The van der Waals surface area contributed by atoms with Crippen LogP contribution in [0.15, 0.2) is 61.2 Å². The van der Waals surface area contributed by atoms with Crippen molar-refractivity contribution < 1.29 is 0 Å². The van der Waals surface area contributed by atoms with Gasteiger partial charge in [0, 0.05) is 35.6 Å². The Bertz CT molecular complexity index is 1380. The second-order valence-electron chi connectivity index (χ2n) is 6.12. The summed E-state index contributed by atoms with van der Waals surface area (Å²) in [6.45, 7) is 0. The Morgan fingerprint density at radius 1 is 0.500 bits per heavy atom. The van der Waals surface area contributed by atoms with E-state index < -0.39 is 0 Å². The van der Waals surface area contributed by atoms with Crippen LogP contribution >= 0.6 is 0 Å². The zero-order chi connectivity index (χ0) is 17.1. The normalized spacial score (nSPS) is 11.8. The molecule has 3 aromatic heterocycles. The lowest BCUT2D eigenvalue weighted by molar-refractivity contribution is 1.20. The minimum Gasteiger partial charge on any atom is -0.252 e. The summed E-state index contributed by atoms with van der Waals surface area (Å²) in [6, 6.07) is 12.5. The van der Waals surface area contributed by atoms with Crippen LogP contribution in [0.5, 0.6) is 0 Å². The molecular weight excluding hydrogens is 324 g/mol. The molecule has 0 bridgehead atoms. The molecule has 3 heterocycles. The van der Waals surface area contributed by atoms with Crippen molar-refractivity contribution in [3.8, 4) is 0 Å². The number of rotatable bonds is 0. The minimum absolute atomic E-state index is 0.507. The van der Waals surface area contributed by atoms with Gasteiger partial charge in [0.25, 0.3) is 0 Å². The fourth-order valence-corrected chi connectivity index (χ4v) is 3.49. The van der Waals surface area contributed by atoms with Gasteiger partial charge in [-0.2, -0.15) is 0 Å². The first-order valence-electron chi connectivity index (χ1n) is 8.22. The van der Waals surface area contributed by atoms with Gasteiger partial charge in [0.1, 0.15) is 16.6 Å². The first-order valence-corrected chi connectivity index (χ1v) is 8.22. The van der Waals surface area contributed by atoms with Crippen LogP contribution in [0.4, 0.5) is 0 Å². The van der Waals surface area contributed by atoms with E-state index in [2.05, 4.69) is 44.2 Å². The lowest BCUT2D eigenvalue weighted by atomic mass is 10.0. The van der Waals surface area contributed by atoms with E-state index in [0.717, 1.165) is 38.1 Å². The molecule has 0 aliphatic carbocycles. The van der Waals surface area contributed by atoms with Crippen LogP contribution in [0.2, 0.25) is 0 Å². The maximum absolute atomic E-state index is 4.76. The van der Waals surface area contributed by atoms with E-state index in [4.69, 9.17) is 9.97 Å². The molecule has 0 amide bonds. The molecule has 0 N–H and O–H groups in total. The zero-order valence-corrected chi connectivity index (χ0v) is 13.5. The van der Waals surface area contributed by atoms with Gasteiger partial charge in [0.15, 0.2) is 11.3 Å². The maximum Gasteiger partial charge on any atom is 0.198 e. The van der Waals surface area contributed by atoms with Gasteiger partial charge in [0.05, 0.1) is 5.52 Å². The third-order valence-corrected chi connectivity index (χ3v) is 4.64. The van der Waals surface area contributed by atoms with Crippen molar-refractivity contribution >= 4 is 54.9 Å². The van der Waals surface area contributed by atoms with Crippen molar-refractivity contribution in [2.24, 2.45) is 0 Å². The molecule has 6 nitrogen and oxygen atoms in total. The third kappa shape index (κ3) is 1.75. The van der Waals surface area contributed by atoms with E-state index in [1.807, 2.05) is 12.1 Å².